The lowest BCUT2D eigenvalue weighted by Gasteiger charge is -2.33. The Kier molecular flexibility index (Phi) is 6.60. The summed E-state index contributed by atoms with van der Waals surface area (Å²) in [6.45, 7) is 8.69. The van der Waals surface area contributed by atoms with Crippen molar-refractivity contribution < 1.29 is 4.79 Å². The van der Waals surface area contributed by atoms with E-state index in [2.05, 4.69) is 48.9 Å². The standard InChI is InChI=1S/C25H28N10O/c1-3-22(36)29-18-4-5-20-21(12-18)31-25(34-10-8-33(2)9-11-34)32-23(20)35-7-6-19(16-35)30-24-27-14-17(13-26)15-28-24/h3-5,12,14-15,19H,1,6-11,16H2,2H3,(H,29,36)(H,27,28,30)/t19-/m1/s1. The summed E-state index contributed by atoms with van der Waals surface area (Å²) in [6, 6.07) is 7.89. The molecule has 184 valence electrons. The van der Waals surface area contributed by atoms with Crippen LogP contribution in [0.2, 0.25) is 0 Å². The van der Waals surface area contributed by atoms with Gasteiger partial charge in [0.15, 0.2) is 0 Å². The number of carbonyl (C=O) groups is 1. The van der Waals surface area contributed by atoms with Crippen LogP contribution in [0.4, 0.5) is 23.4 Å². The lowest BCUT2D eigenvalue weighted by atomic mass is 10.2. The van der Waals surface area contributed by atoms with Gasteiger partial charge in [-0.25, -0.2) is 15.0 Å². The number of hydrogen-bond donors (Lipinski definition) is 2. The zero-order valence-electron chi connectivity index (χ0n) is 20.2. The summed E-state index contributed by atoms with van der Waals surface area (Å²) in [6.07, 6.45) is 5.18. The van der Waals surface area contributed by atoms with Crippen molar-refractivity contribution >= 4 is 40.2 Å². The molecule has 0 bridgehead atoms. The summed E-state index contributed by atoms with van der Waals surface area (Å²) < 4.78 is 0. The van der Waals surface area contributed by atoms with Crippen LogP contribution >= 0.6 is 0 Å². The summed E-state index contributed by atoms with van der Waals surface area (Å²) in [5, 5.41) is 16.1. The third-order valence-electron chi connectivity index (χ3n) is 6.51. The molecule has 2 saturated heterocycles. The van der Waals surface area contributed by atoms with Crippen molar-refractivity contribution in [2.24, 2.45) is 0 Å². The zero-order chi connectivity index (χ0) is 25.1. The number of hydrogen-bond acceptors (Lipinski definition) is 10. The summed E-state index contributed by atoms with van der Waals surface area (Å²) in [5.41, 5.74) is 1.88. The summed E-state index contributed by atoms with van der Waals surface area (Å²) >= 11 is 0. The fourth-order valence-electron chi connectivity index (χ4n) is 4.47. The number of nitrogens with zero attached hydrogens (tertiary/aromatic N) is 8. The Balaban J connectivity index is 1.43. The second-order valence-corrected chi connectivity index (χ2v) is 9.05. The van der Waals surface area contributed by atoms with E-state index in [1.807, 2.05) is 24.3 Å². The van der Waals surface area contributed by atoms with E-state index in [0.29, 0.717) is 23.1 Å². The van der Waals surface area contributed by atoms with Gasteiger partial charge in [0.05, 0.1) is 23.5 Å². The largest absolute Gasteiger partial charge is 0.354 e. The summed E-state index contributed by atoms with van der Waals surface area (Å²) in [4.78, 5) is 37.0. The molecule has 1 aromatic carbocycles. The molecule has 0 unspecified atom stereocenters. The van der Waals surface area contributed by atoms with E-state index >= 15 is 0 Å². The number of nitriles is 1. The molecule has 2 aliphatic heterocycles. The van der Waals surface area contributed by atoms with E-state index in [1.165, 1.54) is 18.5 Å². The Morgan fingerprint density at radius 3 is 2.64 bits per heavy atom. The maximum absolute atomic E-state index is 11.8. The van der Waals surface area contributed by atoms with Gasteiger partial charge < -0.3 is 25.3 Å². The van der Waals surface area contributed by atoms with Crippen LogP contribution in [0.15, 0.2) is 43.2 Å². The highest BCUT2D eigenvalue weighted by Crippen LogP contribution is 2.31. The number of likely N-dealkylation sites (N-methyl/N-ethyl adjacent to an activating group) is 1. The van der Waals surface area contributed by atoms with Gasteiger partial charge >= 0.3 is 0 Å². The van der Waals surface area contributed by atoms with Crippen LogP contribution in [-0.4, -0.2) is 83.1 Å². The Labute approximate surface area is 209 Å². The van der Waals surface area contributed by atoms with Gasteiger partial charge in [0.2, 0.25) is 17.8 Å². The quantitative estimate of drug-likeness (QED) is 0.501. The van der Waals surface area contributed by atoms with E-state index in [1.54, 1.807) is 0 Å². The predicted molar refractivity (Wildman–Crippen MR) is 139 cm³/mol. The molecule has 4 heterocycles. The SMILES string of the molecule is C=CC(=O)Nc1ccc2c(N3CC[C@@H](Nc4ncc(C#N)cn4)C3)nc(N3CCN(C)CC3)nc2c1. The Morgan fingerprint density at radius 2 is 1.92 bits per heavy atom. The highest BCUT2D eigenvalue weighted by atomic mass is 16.1. The van der Waals surface area contributed by atoms with Crippen molar-refractivity contribution in [1.82, 2.24) is 24.8 Å². The van der Waals surface area contributed by atoms with Crippen molar-refractivity contribution in [2.45, 2.75) is 12.5 Å². The van der Waals surface area contributed by atoms with Gasteiger partial charge in [0, 0.05) is 56.4 Å². The lowest BCUT2D eigenvalue weighted by molar-refractivity contribution is -0.111. The number of nitrogens with one attached hydrogen (secondary N) is 2. The molecule has 11 nitrogen and oxygen atoms in total. The third kappa shape index (κ3) is 5.04. The average molecular weight is 485 g/mol. The molecule has 1 atom stereocenters. The van der Waals surface area contributed by atoms with Crippen molar-refractivity contribution in [2.75, 3.05) is 66.7 Å². The van der Waals surface area contributed by atoms with E-state index < -0.39 is 0 Å². The fraction of sp³-hybridized carbons (Fsp3) is 0.360. The number of amides is 1. The Hall–Kier alpha value is -4.30. The minimum atomic E-state index is -0.263. The molecule has 0 saturated carbocycles. The first-order valence-electron chi connectivity index (χ1n) is 11.9. The monoisotopic (exact) mass is 484 g/mol. The number of fused-ring (bicyclic) bond motifs is 1. The third-order valence-corrected chi connectivity index (χ3v) is 6.51. The van der Waals surface area contributed by atoms with Crippen molar-refractivity contribution in [3.63, 3.8) is 0 Å². The lowest BCUT2D eigenvalue weighted by Crippen LogP contribution is -2.45. The molecular formula is C25H28N10O. The topological polar surface area (TPSA) is 126 Å². The second-order valence-electron chi connectivity index (χ2n) is 9.05. The van der Waals surface area contributed by atoms with Gasteiger partial charge in [-0.05, 0) is 37.7 Å². The number of rotatable bonds is 6. The Bertz CT molecular complexity index is 1310. The molecule has 36 heavy (non-hydrogen) atoms. The highest BCUT2D eigenvalue weighted by Gasteiger charge is 2.27. The molecule has 2 fully saturated rings. The van der Waals surface area contributed by atoms with Gasteiger partial charge in [0.25, 0.3) is 0 Å². The van der Waals surface area contributed by atoms with Crippen LogP contribution in [0, 0.1) is 11.3 Å². The normalized spacial score (nSPS) is 18.2. The van der Waals surface area contributed by atoms with E-state index in [-0.39, 0.29) is 11.9 Å². The minimum Gasteiger partial charge on any atom is -0.354 e. The second kappa shape index (κ2) is 10.1. The molecule has 0 radical (unpaired) electrons. The van der Waals surface area contributed by atoms with Gasteiger partial charge in [0.1, 0.15) is 11.9 Å². The van der Waals surface area contributed by atoms with Crippen LogP contribution in [0.25, 0.3) is 10.9 Å². The summed E-state index contributed by atoms with van der Waals surface area (Å²) in [5.74, 6) is 1.82. The highest BCUT2D eigenvalue weighted by molar-refractivity contribution is 6.01. The molecule has 1 amide bonds. The molecule has 2 aromatic heterocycles. The maximum atomic E-state index is 11.8. The van der Waals surface area contributed by atoms with E-state index in [0.717, 1.165) is 62.4 Å². The fourth-order valence-corrected chi connectivity index (χ4v) is 4.47. The first kappa shape index (κ1) is 23.4. The minimum absolute atomic E-state index is 0.140. The molecule has 2 N–H and O–H groups in total. The smallest absolute Gasteiger partial charge is 0.247 e. The van der Waals surface area contributed by atoms with Gasteiger partial charge in [-0.2, -0.15) is 10.2 Å². The van der Waals surface area contributed by atoms with Gasteiger partial charge in [-0.1, -0.05) is 6.58 Å². The average Bonchev–Trinajstić information content (AvgIpc) is 3.37. The number of piperazine rings is 1. The molecule has 11 heteroatoms. The number of carbonyl (C=O) groups excluding carboxylic acids is 1. The molecule has 2 aliphatic rings. The van der Waals surface area contributed by atoms with E-state index in [4.69, 9.17) is 15.2 Å². The van der Waals surface area contributed by atoms with Crippen molar-refractivity contribution in [3.05, 3.63) is 48.8 Å². The Morgan fingerprint density at radius 1 is 1.14 bits per heavy atom. The van der Waals surface area contributed by atoms with Crippen LogP contribution in [0.5, 0.6) is 0 Å². The van der Waals surface area contributed by atoms with Crippen LogP contribution < -0.4 is 20.4 Å². The molecule has 0 aliphatic carbocycles. The number of benzene rings is 1. The van der Waals surface area contributed by atoms with Gasteiger partial charge in [-0.15, -0.1) is 0 Å². The predicted octanol–water partition coefficient (Wildman–Crippen LogP) is 1.86. The van der Waals surface area contributed by atoms with Gasteiger partial charge in [-0.3, -0.25) is 4.79 Å². The van der Waals surface area contributed by atoms with Crippen LogP contribution in [0.1, 0.15) is 12.0 Å². The summed E-state index contributed by atoms with van der Waals surface area (Å²) in [7, 11) is 2.12. The molecule has 3 aromatic rings. The van der Waals surface area contributed by atoms with Crippen molar-refractivity contribution in [3.8, 4) is 6.07 Å². The van der Waals surface area contributed by atoms with E-state index in [9.17, 15) is 4.79 Å². The zero-order valence-corrected chi connectivity index (χ0v) is 20.2. The maximum Gasteiger partial charge on any atom is 0.247 e. The molecule has 5 rings (SSSR count). The van der Waals surface area contributed by atoms with Crippen LogP contribution in [-0.2, 0) is 4.79 Å². The first-order valence-corrected chi connectivity index (χ1v) is 11.9. The number of anilines is 4. The molecular weight excluding hydrogens is 456 g/mol. The first-order chi connectivity index (χ1) is 17.5. The van der Waals surface area contributed by atoms with Crippen molar-refractivity contribution in [1.29, 1.82) is 5.26 Å². The molecule has 0 spiro atoms. The number of aromatic nitrogens is 4. The van der Waals surface area contributed by atoms with Crippen LogP contribution in [0.3, 0.4) is 0 Å².